The first-order valence-corrected chi connectivity index (χ1v) is 5.49. The highest BCUT2D eigenvalue weighted by Crippen LogP contribution is 2.30. The second-order valence-electron chi connectivity index (χ2n) is 3.60. The van der Waals surface area contributed by atoms with Gasteiger partial charge in [-0.3, -0.25) is 4.79 Å². The molecule has 0 aliphatic rings. The summed E-state index contributed by atoms with van der Waals surface area (Å²) >= 11 is 6.05. The van der Waals surface area contributed by atoms with E-state index in [1.165, 1.54) is 0 Å². The minimum absolute atomic E-state index is 0.0289. The Labute approximate surface area is 94.9 Å². The molecule has 0 radical (unpaired) electrons. The molecule has 1 rings (SSSR count). The summed E-state index contributed by atoms with van der Waals surface area (Å²) < 4.78 is 0. The maximum Gasteiger partial charge on any atom is 0.303 e. The van der Waals surface area contributed by atoms with Gasteiger partial charge < -0.3 is 5.11 Å². The van der Waals surface area contributed by atoms with Crippen molar-refractivity contribution in [3.63, 3.8) is 0 Å². The average molecular weight is 227 g/mol. The van der Waals surface area contributed by atoms with Crippen molar-refractivity contribution in [1.82, 2.24) is 0 Å². The van der Waals surface area contributed by atoms with Crippen molar-refractivity contribution >= 4 is 17.6 Å². The highest BCUT2D eigenvalue weighted by Gasteiger charge is 2.16. The van der Waals surface area contributed by atoms with E-state index >= 15 is 0 Å². The van der Waals surface area contributed by atoms with Crippen LogP contribution in [0.4, 0.5) is 0 Å². The second kappa shape index (κ2) is 5.76. The van der Waals surface area contributed by atoms with Crippen LogP contribution in [-0.4, -0.2) is 11.1 Å². The summed E-state index contributed by atoms with van der Waals surface area (Å²) in [5, 5.41) is 9.48. The molecule has 15 heavy (non-hydrogen) atoms. The van der Waals surface area contributed by atoms with Crippen LogP contribution in [0.25, 0.3) is 0 Å². The van der Waals surface area contributed by atoms with Crippen molar-refractivity contribution in [2.45, 2.75) is 32.1 Å². The molecule has 0 aliphatic carbocycles. The largest absolute Gasteiger partial charge is 0.481 e. The molecule has 3 heteroatoms. The van der Waals surface area contributed by atoms with Crippen LogP contribution in [0.5, 0.6) is 0 Å². The van der Waals surface area contributed by atoms with E-state index in [1.807, 2.05) is 25.1 Å². The summed E-state index contributed by atoms with van der Waals surface area (Å²) in [5.41, 5.74) is 0.948. The zero-order chi connectivity index (χ0) is 11.3. The number of halogens is 1. The van der Waals surface area contributed by atoms with Crippen LogP contribution in [0.15, 0.2) is 24.3 Å². The van der Waals surface area contributed by atoms with Gasteiger partial charge in [0, 0.05) is 5.02 Å². The third-order valence-electron chi connectivity index (χ3n) is 2.40. The fourth-order valence-corrected chi connectivity index (χ4v) is 2.02. The van der Waals surface area contributed by atoms with Crippen LogP contribution in [0.3, 0.4) is 0 Å². The quantitative estimate of drug-likeness (QED) is 0.831. The molecule has 1 unspecified atom stereocenters. The summed E-state index contributed by atoms with van der Waals surface area (Å²) in [4.78, 5) is 10.7. The van der Waals surface area contributed by atoms with Crippen LogP contribution in [0.2, 0.25) is 5.02 Å². The summed E-state index contributed by atoms with van der Waals surface area (Å²) in [6, 6.07) is 7.47. The van der Waals surface area contributed by atoms with Crippen LogP contribution in [0, 0.1) is 0 Å². The van der Waals surface area contributed by atoms with Gasteiger partial charge in [-0.2, -0.15) is 0 Å². The molecule has 0 spiro atoms. The number of rotatable bonds is 5. The van der Waals surface area contributed by atoms with Crippen molar-refractivity contribution in [1.29, 1.82) is 0 Å². The lowest BCUT2D eigenvalue weighted by molar-refractivity contribution is -0.137. The molecule has 0 heterocycles. The summed E-state index contributed by atoms with van der Waals surface area (Å²) in [6.45, 7) is 2.05. The maximum atomic E-state index is 10.7. The van der Waals surface area contributed by atoms with Crippen LogP contribution < -0.4 is 0 Å². The van der Waals surface area contributed by atoms with E-state index < -0.39 is 5.97 Å². The number of benzene rings is 1. The lowest BCUT2D eigenvalue weighted by Crippen LogP contribution is -2.06. The molecule has 1 N–H and O–H groups in total. The molecule has 0 aliphatic heterocycles. The molecule has 1 aromatic rings. The first-order chi connectivity index (χ1) is 7.15. The van der Waals surface area contributed by atoms with Gasteiger partial charge >= 0.3 is 5.97 Å². The van der Waals surface area contributed by atoms with Crippen molar-refractivity contribution in [2.24, 2.45) is 0 Å². The highest BCUT2D eigenvalue weighted by atomic mass is 35.5. The zero-order valence-corrected chi connectivity index (χ0v) is 9.50. The third kappa shape index (κ3) is 3.56. The second-order valence-corrected chi connectivity index (χ2v) is 4.01. The van der Waals surface area contributed by atoms with E-state index in [2.05, 4.69) is 0 Å². The van der Waals surface area contributed by atoms with E-state index in [9.17, 15) is 4.79 Å². The molecule has 0 aromatic heterocycles. The summed E-state index contributed by atoms with van der Waals surface area (Å²) in [6.07, 6.45) is 1.97. The molecular weight excluding hydrogens is 212 g/mol. The first-order valence-electron chi connectivity index (χ1n) is 5.11. The monoisotopic (exact) mass is 226 g/mol. The number of carboxylic acids is 1. The van der Waals surface area contributed by atoms with Gasteiger partial charge in [0.1, 0.15) is 0 Å². The minimum Gasteiger partial charge on any atom is -0.481 e. The standard InChI is InChI=1S/C12H15ClO2/c1-2-5-9(8-12(14)15)10-6-3-4-7-11(10)13/h3-4,6-7,9H,2,5,8H2,1H3,(H,14,15). The highest BCUT2D eigenvalue weighted by molar-refractivity contribution is 6.31. The fraction of sp³-hybridized carbons (Fsp3) is 0.417. The van der Waals surface area contributed by atoms with Gasteiger partial charge in [0.2, 0.25) is 0 Å². The normalized spacial score (nSPS) is 12.4. The molecule has 1 atom stereocenters. The van der Waals surface area contributed by atoms with E-state index in [0.29, 0.717) is 5.02 Å². The molecule has 1 aromatic carbocycles. The van der Waals surface area contributed by atoms with Crippen LogP contribution in [-0.2, 0) is 4.79 Å². The van der Waals surface area contributed by atoms with Crippen molar-refractivity contribution in [3.8, 4) is 0 Å². The molecule has 0 bridgehead atoms. The predicted molar refractivity (Wildman–Crippen MR) is 61.4 cm³/mol. The molecule has 2 nitrogen and oxygen atoms in total. The van der Waals surface area contributed by atoms with E-state index in [0.717, 1.165) is 18.4 Å². The van der Waals surface area contributed by atoms with Gasteiger partial charge in [0.15, 0.2) is 0 Å². The lowest BCUT2D eigenvalue weighted by Gasteiger charge is -2.15. The Kier molecular flexibility index (Phi) is 4.63. The molecule has 82 valence electrons. The molecule has 0 saturated heterocycles. The molecule has 0 saturated carbocycles. The van der Waals surface area contributed by atoms with Gasteiger partial charge in [-0.25, -0.2) is 0 Å². The summed E-state index contributed by atoms with van der Waals surface area (Å²) in [7, 11) is 0. The molecular formula is C12H15ClO2. The Balaban J connectivity index is 2.88. The maximum absolute atomic E-state index is 10.7. The van der Waals surface area contributed by atoms with Gasteiger partial charge in [-0.1, -0.05) is 43.1 Å². The van der Waals surface area contributed by atoms with E-state index in [4.69, 9.17) is 16.7 Å². The van der Waals surface area contributed by atoms with Gasteiger partial charge in [0.05, 0.1) is 6.42 Å². The lowest BCUT2D eigenvalue weighted by atomic mass is 9.91. The Morgan fingerprint density at radius 1 is 1.47 bits per heavy atom. The number of hydrogen-bond acceptors (Lipinski definition) is 1. The number of carbonyl (C=O) groups is 1. The first kappa shape index (κ1) is 12.1. The Morgan fingerprint density at radius 2 is 2.13 bits per heavy atom. The topological polar surface area (TPSA) is 37.3 Å². The van der Waals surface area contributed by atoms with E-state index in [-0.39, 0.29) is 12.3 Å². The Bertz CT molecular complexity index is 336. The smallest absolute Gasteiger partial charge is 0.303 e. The van der Waals surface area contributed by atoms with Gasteiger partial charge in [-0.05, 0) is 24.0 Å². The Morgan fingerprint density at radius 3 is 2.67 bits per heavy atom. The molecule has 0 amide bonds. The van der Waals surface area contributed by atoms with Crippen molar-refractivity contribution in [3.05, 3.63) is 34.9 Å². The fourth-order valence-electron chi connectivity index (χ4n) is 1.73. The van der Waals surface area contributed by atoms with Crippen LogP contribution in [0.1, 0.15) is 37.7 Å². The molecule has 0 fully saturated rings. The minimum atomic E-state index is -0.770. The summed E-state index contributed by atoms with van der Waals surface area (Å²) in [5.74, 6) is -0.741. The Hall–Kier alpha value is -1.02. The van der Waals surface area contributed by atoms with Gasteiger partial charge in [0.25, 0.3) is 0 Å². The third-order valence-corrected chi connectivity index (χ3v) is 2.75. The zero-order valence-electron chi connectivity index (χ0n) is 8.74. The SMILES string of the molecule is CCCC(CC(=O)O)c1ccccc1Cl. The average Bonchev–Trinajstić information content (AvgIpc) is 2.17. The van der Waals surface area contributed by atoms with E-state index in [1.54, 1.807) is 6.07 Å². The number of hydrogen-bond donors (Lipinski definition) is 1. The number of carboxylic acid groups (broad SMARTS) is 1. The van der Waals surface area contributed by atoms with Gasteiger partial charge in [-0.15, -0.1) is 0 Å². The number of aliphatic carboxylic acids is 1. The predicted octanol–water partition coefficient (Wildman–Crippen LogP) is 3.70. The van der Waals surface area contributed by atoms with Crippen molar-refractivity contribution in [2.75, 3.05) is 0 Å². The van der Waals surface area contributed by atoms with Crippen LogP contribution >= 0.6 is 11.6 Å². The van der Waals surface area contributed by atoms with Crippen molar-refractivity contribution < 1.29 is 9.90 Å².